The van der Waals surface area contributed by atoms with Crippen molar-refractivity contribution in [2.75, 3.05) is 39.3 Å². The van der Waals surface area contributed by atoms with Crippen LogP contribution >= 0.6 is 0 Å². The molecule has 0 saturated carbocycles. The van der Waals surface area contributed by atoms with Crippen molar-refractivity contribution < 1.29 is 14.3 Å². The van der Waals surface area contributed by atoms with Crippen LogP contribution in [-0.2, 0) is 14.3 Å². The molecule has 28 nitrogen and oxygen atoms in total. The van der Waals surface area contributed by atoms with Crippen LogP contribution in [0.25, 0.3) is 0 Å². The van der Waals surface area contributed by atoms with E-state index in [1.807, 2.05) is 0 Å². The number of nitrogens with one attached hydrogen (secondary N) is 1. The quantitative estimate of drug-likeness (QED) is 0.0135. The Balaban J connectivity index is 1.73. The summed E-state index contributed by atoms with van der Waals surface area (Å²) >= 11 is 0. The molecule has 0 aromatic carbocycles. The SMILES string of the molecule is CCCCCCCC/C=C\CCCCCCCCN1C[C@@H](C(=O)OCCN2CCCC2)C(C#CC#CC#CC#CC#C/C=N/N=N/N=N/N=N/N=N/N=N/N=N/N=N/N=N/N=N/N=N/N=N)C1=O. The molecule has 0 spiro atoms. The van der Waals surface area contributed by atoms with Crippen molar-refractivity contribution in [1.29, 1.82) is 5.53 Å². The predicted octanol–water partition coefficient (Wildman–Crippen LogP) is 10.4. The van der Waals surface area contributed by atoms with E-state index < -0.39 is 17.8 Å². The van der Waals surface area contributed by atoms with Crippen LogP contribution in [0.5, 0.6) is 0 Å². The third kappa shape index (κ3) is 31.5. The molecule has 0 aromatic rings. The van der Waals surface area contributed by atoms with Gasteiger partial charge in [-0.3, -0.25) is 14.5 Å². The van der Waals surface area contributed by atoms with Crippen molar-refractivity contribution in [3.8, 4) is 59.2 Å². The molecule has 0 aromatic heterocycles. The number of carbonyl (C=O) groups is 2. The number of amides is 1. The molecule has 2 aliphatic heterocycles. The minimum atomic E-state index is -0.824. The lowest BCUT2D eigenvalue weighted by atomic mass is 9.96. The van der Waals surface area contributed by atoms with E-state index in [9.17, 15) is 9.59 Å². The van der Waals surface area contributed by atoms with Crippen molar-refractivity contribution >= 4 is 18.1 Å². The topological polar surface area (TPSA) is 346 Å². The zero-order valence-corrected chi connectivity index (χ0v) is 37.9. The Morgan fingerprint density at radius 1 is 0.588 bits per heavy atom. The van der Waals surface area contributed by atoms with Gasteiger partial charge in [-0.2, -0.15) is 5.53 Å². The third-order valence-corrected chi connectivity index (χ3v) is 9.21. The second-order valence-corrected chi connectivity index (χ2v) is 13.9. The Hall–Kier alpha value is -8.29. The molecule has 2 rings (SSSR count). The number of carbonyl (C=O) groups excluding carboxylic acids is 2. The monoisotopic (exact) mass is 931 g/mol. The Bertz CT molecular complexity index is 2200. The number of nitrogens with zero attached hydrogens (tertiary/aromatic N) is 24. The molecule has 2 fully saturated rings. The zero-order chi connectivity index (χ0) is 48.5. The van der Waals surface area contributed by atoms with Gasteiger partial charge >= 0.3 is 5.97 Å². The van der Waals surface area contributed by atoms with Crippen LogP contribution in [0.1, 0.15) is 110 Å². The number of likely N-dealkylation sites (tertiary alicyclic amines) is 2. The van der Waals surface area contributed by atoms with Crippen molar-refractivity contribution in [1.82, 2.24) is 9.80 Å². The van der Waals surface area contributed by atoms with E-state index in [2.05, 4.69) is 198 Å². The van der Waals surface area contributed by atoms with Gasteiger partial charge in [0.1, 0.15) is 18.7 Å². The van der Waals surface area contributed by atoms with Gasteiger partial charge in [-0.1, -0.05) is 82.8 Å². The molecule has 1 N–H and O–H groups in total. The van der Waals surface area contributed by atoms with Crippen LogP contribution in [-0.4, -0.2) is 67.2 Å². The van der Waals surface area contributed by atoms with Gasteiger partial charge in [0.15, 0.2) is 0 Å². The first kappa shape index (κ1) is 55.8. The number of unbranched alkanes of at least 4 members (excludes halogenated alkanes) is 12. The molecule has 2 aliphatic rings. The van der Waals surface area contributed by atoms with Crippen molar-refractivity contribution in [3.05, 3.63) is 12.2 Å². The maximum atomic E-state index is 13.4. The lowest BCUT2D eigenvalue weighted by molar-refractivity contribution is -0.149. The van der Waals surface area contributed by atoms with E-state index in [1.165, 1.54) is 64.2 Å². The molecule has 1 unspecified atom stereocenters. The summed E-state index contributed by atoms with van der Waals surface area (Å²) < 4.78 is 5.64. The summed E-state index contributed by atoms with van der Waals surface area (Å²) in [6.45, 7) is 6.12. The van der Waals surface area contributed by atoms with E-state index in [4.69, 9.17) is 10.3 Å². The molecule has 28 heteroatoms. The molecule has 0 aliphatic carbocycles. The molecule has 2 saturated heterocycles. The first-order valence-electron chi connectivity index (χ1n) is 21.9. The predicted molar refractivity (Wildman–Crippen MR) is 241 cm³/mol. The van der Waals surface area contributed by atoms with E-state index in [-0.39, 0.29) is 12.5 Å². The number of hydrogen-bond acceptors (Lipinski definition) is 6. The summed E-state index contributed by atoms with van der Waals surface area (Å²) in [5.41, 5.74) is 6.30. The number of esters is 1. The average Bonchev–Trinajstić information content (AvgIpc) is 3.98. The fraction of sp³-hybridized carbons (Fsp3) is 0.625. The largest absolute Gasteiger partial charge is 0.464 e. The molecule has 2 atom stereocenters. The van der Waals surface area contributed by atoms with Crippen LogP contribution in [0.15, 0.2) is 127 Å². The number of rotatable bonds is 31. The van der Waals surface area contributed by atoms with Crippen LogP contribution in [0.2, 0.25) is 0 Å². The maximum Gasteiger partial charge on any atom is 0.312 e. The van der Waals surface area contributed by atoms with Gasteiger partial charge in [-0.15, -0.1) is 5.10 Å². The van der Waals surface area contributed by atoms with Gasteiger partial charge in [0.25, 0.3) is 0 Å². The van der Waals surface area contributed by atoms with Crippen LogP contribution < -0.4 is 0 Å². The zero-order valence-electron chi connectivity index (χ0n) is 37.9. The molecule has 0 bridgehead atoms. The summed E-state index contributed by atoms with van der Waals surface area (Å²) in [6.07, 6.45) is 25.0. The van der Waals surface area contributed by atoms with Crippen LogP contribution in [0.3, 0.4) is 0 Å². The molecule has 0 radical (unpaired) electrons. The van der Waals surface area contributed by atoms with Crippen LogP contribution in [0, 0.1) is 76.6 Å². The van der Waals surface area contributed by atoms with E-state index in [1.54, 1.807) is 4.90 Å². The van der Waals surface area contributed by atoms with Crippen molar-refractivity contribution in [3.63, 3.8) is 0 Å². The highest BCUT2D eigenvalue weighted by Crippen LogP contribution is 2.26. The lowest BCUT2D eigenvalue weighted by Crippen LogP contribution is -2.30. The Kier molecular flexibility index (Phi) is 35.0. The smallest absolute Gasteiger partial charge is 0.312 e. The van der Waals surface area contributed by atoms with Crippen LogP contribution in [0.4, 0.5) is 0 Å². The molecular formula is C40H53N25O3. The van der Waals surface area contributed by atoms with Gasteiger partial charge in [-0.05, 0) is 195 Å². The normalized spacial score (nSPS) is 16.7. The summed E-state index contributed by atoms with van der Waals surface area (Å²) in [7, 11) is 0. The highest BCUT2D eigenvalue weighted by molar-refractivity contribution is 5.91. The summed E-state index contributed by atoms with van der Waals surface area (Å²) in [5, 5.41) is 67.0. The van der Waals surface area contributed by atoms with Gasteiger partial charge < -0.3 is 9.64 Å². The summed E-state index contributed by atoms with van der Waals surface area (Å²) in [6, 6.07) is 0. The first-order valence-corrected chi connectivity index (χ1v) is 21.9. The average molecular weight is 932 g/mol. The minimum absolute atomic E-state index is 0.167. The highest BCUT2D eigenvalue weighted by atomic mass is 16.5. The van der Waals surface area contributed by atoms with E-state index in [0.717, 1.165) is 57.8 Å². The number of allylic oxidation sites excluding steroid dienone is 2. The van der Waals surface area contributed by atoms with Gasteiger partial charge in [0.05, 0.1) is 5.92 Å². The van der Waals surface area contributed by atoms with E-state index in [0.29, 0.717) is 19.7 Å². The Morgan fingerprint density at radius 2 is 1.04 bits per heavy atom. The van der Waals surface area contributed by atoms with Crippen molar-refractivity contribution in [2.45, 2.75) is 110 Å². The standard InChI is InChI=1S/C40H53N25O3/c1-2-3-4-5-6-7-8-9-10-11-12-13-17-20-23-26-33-65-36-38(40(67)68-35-34-64-31-27-28-32-64)37(39(65)66)29-24-21-18-15-14-16-19-22-25-30-42-44-46-48-50-52-54-56-58-60-62-63-61-59-57-55-53-51-49-47-45-43-41/h9-10,30,37-38,41H,2-8,11-13,17,20,23,26-28,31-36H2,1H3/b10-9-,42-30+,43-41?,46-44+,47-45+,50-48+,51-49+,54-52+,55-53+,58-56+,59-57+,62-60+,63-61+/t37?,38-/m1/s1. The molecule has 2 heterocycles. The second kappa shape index (κ2) is 42.6. The Labute approximate surface area is 393 Å². The van der Waals surface area contributed by atoms with Gasteiger partial charge in [0.2, 0.25) is 5.91 Å². The summed E-state index contributed by atoms with van der Waals surface area (Å²) in [4.78, 5) is 30.6. The second-order valence-electron chi connectivity index (χ2n) is 13.9. The highest BCUT2D eigenvalue weighted by Gasteiger charge is 2.44. The molecule has 68 heavy (non-hydrogen) atoms. The first-order chi connectivity index (χ1) is 33.7. The fourth-order valence-corrected chi connectivity index (χ4v) is 6.10. The molecule has 1 amide bonds. The summed E-state index contributed by atoms with van der Waals surface area (Å²) in [5.74, 6) is 23.8. The van der Waals surface area contributed by atoms with E-state index >= 15 is 0 Å². The molecular weight excluding hydrogens is 879 g/mol. The Morgan fingerprint density at radius 3 is 1.57 bits per heavy atom. The van der Waals surface area contributed by atoms with Gasteiger partial charge in [-0.25, -0.2) is 0 Å². The van der Waals surface area contributed by atoms with Gasteiger partial charge in [0, 0.05) is 45.8 Å². The van der Waals surface area contributed by atoms with Crippen molar-refractivity contribution in [2.24, 2.45) is 127 Å². The number of ether oxygens (including phenoxy) is 1. The third-order valence-electron chi connectivity index (χ3n) is 9.21. The fourth-order valence-electron chi connectivity index (χ4n) is 6.10. The maximum absolute atomic E-state index is 13.4. The number of hydrogen-bond donors (Lipinski definition) is 1. The minimum Gasteiger partial charge on any atom is -0.464 e. The lowest BCUT2D eigenvalue weighted by Gasteiger charge is -2.17. The molecule has 356 valence electrons.